The van der Waals surface area contributed by atoms with Crippen LogP contribution in [-0.2, 0) is 39.9 Å². The second-order valence-electron chi connectivity index (χ2n) is 13.5. The number of ether oxygens (including phenoxy) is 4. The van der Waals surface area contributed by atoms with Crippen LogP contribution < -0.4 is 14.8 Å². The van der Waals surface area contributed by atoms with E-state index >= 15 is 0 Å². The molecule has 1 saturated heterocycles. The van der Waals surface area contributed by atoms with E-state index in [1.165, 1.54) is 32.0 Å². The van der Waals surface area contributed by atoms with Gasteiger partial charge >= 0.3 is 12.1 Å². The number of hydrogen-bond acceptors (Lipinski definition) is 11. The largest absolute Gasteiger partial charge is 0.760 e. The molecule has 4 unspecified atom stereocenters. The number of hydrogen-bond donors (Lipinski definition) is 2. The summed E-state index contributed by atoms with van der Waals surface area (Å²) in [5.74, 6) is -2.98. The number of unbranched alkanes of at least 4 members (excludes halogenated alkanes) is 1. The third-order valence-corrected chi connectivity index (χ3v) is 7.91. The molecule has 0 saturated carbocycles. The number of amides is 3. The van der Waals surface area contributed by atoms with Gasteiger partial charge in [0.15, 0.2) is 17.4 Å². The molecule has 0 spiro atoms. The quantitative estimate of drug-likeness (QED) is 0.115. The van der Waals surface area contributed by atoms with Crippen LogP contribution in [0, 0.1) is 52.6 Å². The third-order valence-electron chi connectivity index (χ3n) is 7.51. The molecule has 3 amide bonds. The Morgan fingerprint density at radius 3 is 2.27 bits per heavy atom. The van der Waals surface area contributed by atoms with Gasteiger partial charge < -0.3 is 28.8 Å². The zero-order chi connectivity index (χ0) is 36.4. The minimum atomic E-state index is -2.59. The number of esters is 1. The molecule has 1 fully saturated rings. The summed E-state index contributed by atoms with van der Waals surface area (Å²) in [6, 6.07) is 2.18. The molecular formula is C33H50N3O11PrS-. The van der Waals surface area contributed by atoms with Crippen LogP contribution in [-0.4, -0.2) is 86.9 Å². The van der Waals surface area contributed by atoms with Crippen LogP contribution in [0.15, 0.2) is 18.2 Å². The van der Waals surface area contributed by atoms with E-state index in [1.54, 1.807) is 34.6 Å². The van der Waals surface area contributed by atoms with Gasteiger partial charge in [0.05, 0.1) is 24.0 Å². The Morgan fingerprint density at radius 2 is 1.76 bits per heavy atom. The summed E-state index contributed by atoms with van der Waals surface area (Å²) in [6.45, 7) is 15.2. The van der Waals surface area contributed by atoms with Crippen molar-refractivity contribution in [1.82, 2.24) is 9.62 Å². The maximum Gasteiger partial charge on any atom is 0.418 e. The number of rotatable bonds is 19. The van der Waals surface area contributed by atoms with E-state index in [0.29, 0.717) is 17.4 Å². The van der Waals surface area contributed by atoms with Gasteiger partial charge in [-0.25, -0.2) is 19.2 Å². The van der Waals surface area contributed by atoms with Gasteiger partial charge in [-0.3, -0.25) is 18.6 Å². The van der Waals surface area contributed by atoms with Crippen LogP contribution in [0.25, 0.3) is 0 Å². The monoisotopic (exact) mass is 837 g/mol. The predicted molar refractivity (Wildman–Crippen MR) is 177 cm³/mol. The van der Waals surface area contributed by atoms with Gasteiger partial charge in [-0.15, -0.1) is 0 Å². The first-order valence-corrected chi connectivity index (χ1v) is 17.2. The van der Waals surface area contributed by atoms with Crippen LogP contribution in [0.3, 0.4) is 0 Å². The van der Waals surface area contributed by atoms with Crippen LogP contribution in [0.1, 0.15) is 98.4 Å². The van der Waals surface area contributed by atoms with Crippen LogP contribution in [0.5, 0.6) is 5.75 Å². The number of nitrogens with one attached hydrogen (secondary N) is 2. The van der Waals surface area contributed by atoms with Gasteiger partial charge in [0, 0.05) is 71.1 Å². The van der Waals surface area contributed by atoms with E-state index in [9.17, 15) is 32.7 Å². The minimum Gasteiger partial charge on any atom is -0.760 e. The SMILES string of the molecule is CCCCC(CC)COCC(CNS(=O)[O-])OC(=O)c1ccc(NC(=O)C(C(=O)C(C)(C)C)N2C(=O)OC(C)(C)C2=O)c(OC(C)C)c1.[Pr]. The molecule has 49 heavy (non-hydrogen) atoms. The molecule has 0 bridgehead atoms. The van der Waals surface area contributed by atoms with Crippen LogP contribution in [0.4, 0.5) is 10.5 Å². The van der Waals surface area contributed by atoms with E-state index in [0.717, 1.165) is 25.7 Å². The van der Waals surface area contributed by atoms with Crippen LogP contribution in [0.2, 0.25) is 0 Å². The Bertz CT molecular complexity index is 1350. The maximum atomic E-state index is 13.7. The Morgan fingerprint density at radius 1 is 1.10 bits per heavy atom. The van der Waals surface area contributed by atoms with Crippen molar-refractivity contribution in [2.75, 3.05) is 25.1 Å². The molecule has 1 radical (unpaired) electrons. The second kappa shape index (κ2) is 20.1. The number of benzene rings is 1. The normalized spacial score (nSPS) is 16.7. The fraction of sp³-hybridized carbons (Fsp3) is 0.667. The summed E-state index contributed by atoms with van der Waals surface area (Å²) >= 11 is -2.59. The van der Waals surface area contributed by atoms with E-state index < -0.39 is 70.2 Å². The van der Waals surface area contributed by atoms with Gasteiger partial charge in [-0.1, -0.05) is 53.9 Å². The first-order valence-electron chi connectivity index (χ1n) is 16.2. The fourth-order valence-corrected chi connectivity index (χ4v) is 5.08. The number of ketones is 1. The molecule has 4 atom stereocenters. The molecule has 0 aliphatic carbocycles. The smallest absolute Gasteiger partial charge is 0.418 e. The zero-order valence-electron chi connectivity index (χ0n) is 29.9. The van der Waals surface area contributed by atoms with Crippen molar-refractivity contribution in [2.24, 2.45) is 11.3 Å². The topological polar surface area (TPSA) is 190 Å². The minimum absolute atomic E-state index is 0. The van der Waals surface area contributed by atoms with Crippen molar-refractivity contribution < 1.29 is 93.0 Å². The molecule has 2 N–H and O–H groups in total. The van der Waals surface area contributed by atoms with Crippen molar-refractivity contribution in [3.63, 3.8) is 0 Å². The van der Waals surface area contributed by atoms with E-state index in [4.69, 9.17) is 18.9 Å². The molecule has 1 aromatic carbocycles. The molecule has 1 aliphatic rings. The van der Waals surface area contributed by atoms with E-state index in [2.05, 4.69) is 23.9 Å². The summed E-state index contributed by atoms with van der Waals surface area (Å²) in [5, 5.41) is 2.58. The summed E-state index contributed by atoms with van der Waals surface area (Å²) in [6.07, 6.45) is 1.52. The molecule has 1 heterocycles. The molecule has 0 aromatic heterocycles. The first kappa shape index (κ1) is 45.0. The standard InChI is InChI=1S/C33H51N3O11S.Pr/c1-10-12-13-21(11-2)18-44-19-23(17-34-48(42)43)46-29(39)22-14-15-24(25(16-22)45-20(3)4)35-28(38)26(27(37)32(5,6)7)36-30(40)33(8,9)47-31(36)41;/h14-16,20-21,23,26,34H,10-13,17-19H2,1-9H3,(H,35,38)(H,42,43);/p-1. The molecule has 16 heteroatoms. The number of cyclic esters (lactones) is 1. The third kappa shape index (κ3) is 13.6. The summed E-state index contributed by atoms with van der Waals surface area (Å²) < 4.78 is 47.0. The van der Waals surface area contributed by atoms with Crippen molar-refractivity contribution in [3.8, 4) is 5.75 Å². The number of Topliss-reactive ketones (excluding diaryl/α,β-unsaturated/α-hetero) is 1. The van der Waals surface area contributed by atoms with Gasteiger partial charge in [-0.05, 0) is 58.2 Å². The summed E-state index contributed by atoms with van der Waals surface area (Å²) in [5.41, 5.74) is -2.62. The fourth-order valence-electron chi connectivity index (χ4n) is 4.75. The van der Waals surface area contributed by atoms with E-state index in [1.807, 2.05) is 0 Å². The van der Waals surface area contributed by atoms with Crippen molar-refractivity contribution in [1.29, 1.82) is 0 Å². The molecule has 1 aliphatic heterocycles. The van der Waals surface area contributed by atoms with E-state index in [-0.39, 0.29) is 71.4 Å². The van der Waals surface area contributed by atoms with Crippen molar-refractivity contribution in [3.05, 3.63) is 23.8 Å². The summed E-state index contributed by atoms with van der Waals surface area (Å²) in [7, 11) is 0. The number of carbonyl (C=O) groups is 5. The number of anilines is 1. The maximum absolute atomic E-state index is 13.7. The van der Waals surface area contributed by atoms with Crippen molar-refractivity contribution in [2.45, 2.75) is 112 Å². The molecule has 2 rings (SSSR count). The van der Waals surface area contributed by atoms with Gasteiger partial charge in [0.25, 0.3) is 11.8 Å². The average molecular weight is 838 g/mol. The molecule has 1 aromatic rings. The molecular weight excluding hydrogens is 787 g/mol. The van der Waals surface area contributed by atoms with Gasteiger partial charge in [0.2, 0.25) is 0 Å². The Labute approximate surface area is 324 Å². The average Bonchev–Trinajstić information content (AvgIpc) is 3.18. The van der Waals surface area contributed by atoms with Crippen LogP contribution >= 0.6 is 0 Å². The first-order chi connectivity index (χ1) is 22.3. The molecule has 14 nitrogen and oxygen atoms in total. The Kier molecular flexibility index (Phi) is 18.5. The van der Waals surface area contributed by atoms with Crippen molar-refractivity contribution >= 4 is 46.6 Å². The number of carbonyl (C=O) groups excluding carboxylic acids is 5. The number of imide groups is 1. The summed E-state index contributed by atoms with van der Waals surface area (Å²) in [4.78, 5) is 66.7. The van der Waals surface area contributed by atoms with Gasteiger partial charge in [0.1, 0.15) is 11.9 Å². The molecule has 273 valence electrons. The van der Waals surface area contributed by atoms with Gasteiger partial charge in [-0.2, -0.15) is 0 Å². The second-order valence-corrected chi connectivity index (χ2v) is 14.3. The predicted octanol–water partition coefficient (Wildman–Crippen LogP) is 4.30. The Hall–Kier alpha value is -2.04. The Balaban J connectivity index is 0.0000120. The number of nitrogens with zero attached hydrogens (tertiary/aromatic N) is 1. The zero-order valence-corrected chi connectivity index (χ0v) is 34.4.